The Morgan fingerprint density at radius 3 is 2.67 bits per heavy atom. The molecule has 3 heterocycles. The SMILES string of the molecule is CCOc1ccc(CN2CCc3nc(-c4ccncc4)[nH]c(=O)c3C2)c(OCC)c1. The largest absolute Gasteiger partial charge is 0.494 e. The van der Waals surface area contributed by atoms with E-state index < -0.39 is 0 Å². The Balaban J connectivity index is 1.54. The lowest BCUT2D eigenvalue weighted by molar-refractivity contribution is 0.235. The minimum atomic E-state index is -0.0757. The Morgan fingerprint density at radius 2 is 1.90 bits per heavy atom. The summed E-state index contributed by atoms with van der Waals surface area (Å²) in [4.78, 5) is 26.7. The molecular formula is C23H26N4O3. The first-order chi connectivity index (χ1) is 14.7. The van der Waals surface area contributed by atoms with E-state index in [4.69, 9.17) is 14.5 Å². The van der Waals surface area contributed by atoms with E-state index in [1.165, 1.54) is 0 Å². The first-order valence-corrected chi connectivity index (χ1v) is 10.3. The molecule has 7 heteroatoms. The Bertz CT molecular complexity index is 1070. The van der Waals surface area contributed by atoms with Crippen molar-refractivity contribution in [2.45, 2.75) is 33.4 Å². The Labute approximate surface area is 175 Å². The molecule has 2 aromatic heterocycles. The van der Waals surface area contributed by atoms with Crippen LogP contribution in [0, 0.1) is 0 Å². The number of fused-ring (bicyclic) bond motifs is 1. The molecule has 0 saturated heterocycles. The van der Waals surface area contributed by atoms with Crippen molar-refractivity contribution in [3.63, 3.8) is 0 Å². The highest BCUT2D eigenvalue weighted by molar-refractivity contribution is 5.54. The molecule has 0 unspecified atom stereocenters. The number of aromatic amines is 1. The fraction of sp³-hybridized carbons (Fsp3) is 0.348. The van der Waals surface area contributed by atoms with Crippen LogP contribution in [0.4, 0.5) is 0 Å². The van der Waals surface area contributed by atoms with Crippen molar-refractivity contribution >= 4 is 0 Å². The van der Waals surface area contributed by atoms with Crippen LogP contribution in [-0.2, 0) is 19.5 Å². The van der Waals surface area contributed by atoms with E-state index in [0.717, 1.165) is 46.8 Å². The maximum absolute atomic E-state index is 12.8. The van der Waals surface area contributed by atoms with Gasteiger partial charge in [0, 0.05) is 55.6 Å². The summed E-state index contributed by atoms with van der Waals surface area (Å²) in [5.74, 6) is 2.23. The molecule has 0 radical (unpaired) electrons. The maximum atomic E-state index is 12.8. The van der Waals surface area contributed by atoms with Crippen LogP contribution in [0.25, 0.3) is 11.4 Å². The smallest absolute Gasteiger partial charge is 0.255 e. The molecular weight excluding hydrogens is 380 g/mol. The third-order valence-electron chi connectivity index (χ3n) is 5.14. The van der Waals surface area contributed by atoms with Crippen LogP contribution in [-0.4, -0.2) is 39.6 Å². The normalized spacial score (nSPS) is 13.7. The van der Waals surface area contributed by atoms with E-state index in [1.54, 1.807) is 12.4 Å². The second kappa shape index (κ2) is 9.09. The number of ether oxygens (including phenoxy) is 2. The van der Waals surface area contributed by atoms with Gasteiger partial charge in [0.05, 0.1) is 24.5 Å². The van der Waals surface area contributed by atoms with Crippen molar-refractivity contribution in [2.75, 3.05) is 19.8 Å². The van der Waals surface area contributed by atoms with Gasteiger partial charge in [-0.15, -0.1) is 0 Å². The molecule has 0 amide bonds. The number of nitrogens with zero attached hydrogens (tertiary/aromatic N) is 3. The minimum Gasteiger partial charge on any atom is -0.494 e. The second-order valence-corrected chi connectivity index (χ2v) is 7.17. The highest BCUT2D eigenvalue weighted by Gasteiger charge is 2.22. The average molecular weight is 406 g/mol. The zero-order valence-electron chi connectivity index (χ0n) is 17.4. The van der Waals surface area contributed by atoms with Crippen LogP contribution >= 0.6 is 0 Å². The molecule has 0 atom stereocenters. The third kappa shape index (κ3) is 4.36. The summed E-state index contributed by atoms with van der Waals surface area (Å²) < 4.78 is 11.4. The van der Waals surface area contributed by atoms with Crippen LogP contribution in [0.15, 0.2) is 47.5 Å². The number of benzene rings is 1. The average Bonchev–Trinajstić information content (AvgIpc) is 2.77. The van der Waals surface area contributed by atoms with E-state index in [2.05, 4.69) is 14.9 Å². The third-order valence-corrected chi connectivity index (χ3v) is 5.14. The van der Waals surface area contributed by atoms with Crippen LogP contribution in [0.1, 0.15) is 30.7 Å². The zero-order chi connectivity index (χ0) is 20.9. The summed E-state index contributed by atoms with van der Waals surface area (Å²) in [6.07, 6.45) is 4.13. The number of hydrogen-bond donors (Lipinski definition) is 1. The van der Waals surface area contributed by atoms with Crippen LogP contribution < -0.4 is 15.0 Å². The molecule has 0 fully saturated rings. The second-order valence-electron chi connectivity index (χ2n) is 7.17. The Kier molecular flexibility index (Phi) is 6.09. The van der Waals surface area contributed by atoms with Gasteiger partial charge in [-0.3, -0.25) is 14.7 Å². The summed E-state index contributed by atoms with van der Waals surface area (Å²) in [5.41, 5.74) is 3.49. The molecule has 0 saturated carbocycles. The number of H-pyrrole nitrogens is 1. The van der Waals surface area contributed by atoms with Gasteiger partial charge in [-0.05, 0) is 32.0 Å². The first-order valence-electron chi connectivity index (χ1n) is 10.3. The molecule has 0 aliphatic carbocycles. The fourth-order valence-corrected chi connectivity index (χ4v) is 3.72. The van der Waals surface area contributed by atoms with E-state index >= 15 is 0 Å². The van der Waals surface area contributed by atoms with Crippen molar-refractivity contribution in [3.8, 4) is 22.9 Å². The zero-order valence-corrected chi connectivity index (χ0v) is 17.4. The Hall–Kier alpha value is -3.19. The minimum absolute atomic E-state index is 0.0757. The topological polar surface area (TPSA) is 80.3 Å². The summed E-state index contributed by atoms with van der Waals surface area (Å²) in [6, 6.07) is 9.65. The van der Waals surface area contributed by atoms with Gasteiger partial charge in [-0.25, -0.2) is 4.98 Å². The van der Waals surface area contributed by atoms with Gasteiger partial charge in [0.15, 0.2) is 0 Å². The highest BCUT2D eigenvalue weighted by atomic mass is 16.5. The molecule has 156 valence electrons. The molecule has 1 aliphatic heterocycles. The van der Waals surface area contributed by atoms with E-state index in [0.29, 0.717) is 32.1 Å². The van der Waals surface area contributed by atoms with Crippen LogP contribution in [0.3, 0.4) is 0 Å². The summed E-state index contributed by atoms with van der Waals surface area (Å²) in [7, 11) is 0. The van der Waals surface area contributed by atoms with Gasteiger partial charge in [0.25, 0.3) is 5.56 Å². The quantitative estimate of drug-likeness (QED) is 0.649. The van der Waals surface area contributed by atoms with Gasteiger partial charge in [0.2, 0.25) is 0 Å². The number of nitrogens with one attached hydrogen (secondary N) is 1. The number of pyridine rings is 1. The van der Waals surface area contributed by atoms with Crippen molar-refractivity contribution in [2.24, 2.45) is 0 Å². The van der Waals surface area contributed by atoms with E-state index in [-0.39, 0.29) is 5.56 Å². The number of hydrogen-bond acceptors (Lipinski definition) is 6. The van der Waals surface area contributed by atoms with Crippen LogP contribution in [0.5, 0.6) is 11.5 Å². The number of rotatable bonds is 7. The van der Waals surface area contributed by atoms with Gasteiger partial charge in [-0.2, -0.15) is 0 Å². The van der Waals surface area contributed by atoms with E-state index in [1.807, 2.05) is 44.2 Å². The van der Waals surface area contributed by atoms with E-state index in [9.17, 15) is 4.79 Å². The molecule has 0 spiro atoms. The summed E-state index contributed by atoms with van der Waals surface area (Å²) >= 11 is 0. The predicted octanol–water partition coefficient (Wildman–Crippen LogP) is 3.19. The molecule has 1 N–H and O–H groups in total. The fourth-order valence-electron chi connectivity index (χ4n) is 3.72. The maximum Gasteiger partial charge on any atom is 0.255 e. The molecule has 1 aromatic carbocycles. The van der Waals surface area contributed by atoms with Gasteiger partial charge in [-0.1, -0.05) is 6.07 Å². The van der Waals surface area contributed by atoms with Crippen molar-refractivity contribution in [1.29, 1.82) is 0 Å². The lowest BCUT2D eigenvalue weighted by Gasteiger charge is -2.28. The lowest BCUT2D eigenvalue weighted by Crippen LogP contribution is -2.35. The highest BCUT2D eigenvalue weighted by Crippen LogP contribution is 2.28. The van der Waals surface area contributed by atoms with Gasteiger partial charge in [0.1, 0.15) is 17.3 Å². The standard InChI is InChI=1S/C23H26N4O3/c1-3-29-18-6-5-17(21(13-18)30-4-2)14-27-12-9-20-19(15-27)23(28)26-22(25-20)16-7-10-24-11-8-16/h5-8,10-11,13H,3-4,9,12,14-15H2,1-2H3,(H,25,26,28). The molecule has 4 rings (SSSR count). The molecule has 7 nitrogen and oxygen atoms in total. The molecule has 3 aromatic rings. The van der Waals surface area contributed by atoms with Crippen LogP contribution in [0.2, 0.25) is 0 Å². The van der Waals surface area contributed by atoms with Crippen molar-refractivity contribution in [3.05, 3.63) is 69.9 Å². The lowest BCUT2D eigenvalue weighted by atomic mass is 10.0. The predicted molar refractivity (Wildman–Crippen MR) is 115 cm³/mol. The number of aromatic nitrogens is 3. The molecule has 1 aliphatic rings. The van der Waals surface area contributed by atoms with Gasteiger partial charge >= 0.3 is 0 Å². The first kappa shape index (κ1) is 20.1. The van der Waals surface area contributed by atoms with Crippen molar-refractivity contribution < 1.29 is 9.47 Å². The van der Waals surface area contributed by atoms with Crippen molar-refractivity contribution in [1.82, 2.24) is 19.9 Å². The summed E-state index contributed by atoms with van der Waals surface area (Å²) in [6.45, 7) is 7.24. The monoisotopic (exact) mass is 406 g/mol. The van der Waals surface area contributed by atoms with Gasteiger partial charge < -0.3 is 14.5 Å². The molecule has 30 heavy (non-hydrogen) atoms. The summed E-state index contributed by atoms with van der Waals surface area (Å²) in [5, 5.41) is 0. The molecule has 0 bridgehead atoms. The Morgan fingerprint density at radius 1 is 1.10 bits per heavy atom.